The van der Waals surface area contributed by atoms with Gasteiger partial charge in [0.15, 0.2) is 0 Å². The summed E-state index contributed by atoms with van der Waals surface area (Å²) >= 11 is 0. The number of rotatable bonds is 7. The fourth-order valence-corrected chi connectivity index (χ4v) is 2.90. The fourth-order valence-electron chi connectivity index (χ4n) is 1.61. The van der Waals surface area contributed by atoms with Crippen molar-refractivity contribution < 1.29 is 18.3 Å². The number of carboxylic acids is 1. The van der Waals surface area contributed by atoms with Crippen LogP contribution >= 0.6 is 0 Å². The smallest absolute Gasteiger partial charge is 0.307 e. The fraction of sp³-hybridized carbons (Fsp3) is 0.357. The zero-order chi connectivity index (χ0) is 15.2. The third kappa shape index (κ3) is 4.79. The summed E-state index contributed by atoms with van der Waals surface area (Å²) in [5, 5.41) is 9.97. The third-order valence-electron chi connectivity index (χ3n) is 2.84. The van der Waals surface area contributed by atoms with Crippen LogP contribution in [-0.2, 0) is 14.8 Å². The number of nitrogens with zero attached hydrogens (tertiary/aromatic N) is 1. The molecule has 20 heavy (non-hydrogen) atoms. The van der Waals surface area contributed by atoms with Crippen LogP contribution in [0.4, 0.5) is 0 Å². The van der Waals surface area contributed by atoms with Crippen LogP contribution in [0, 0.1) is 5.92 Å². The van der Waals surface area contributed by atoms with Crippen LogP contribution in [-0.4, -0.2) is 36.9 Å². The predicted molar refractivity (Wildman–Crippen MR) is 78.4 cm³/mol. The Hall–Kier alpha value is -1.66. The number of benzene rings is 1. The molecule has 1 N–H and O–H groups in total. The molecule has 0 aliphatic rings. The number of aliphatic carboxylic acids is 1. The van der Waals surface area contributed by atoms with E-state index in [0.29, 0.717) is 0 Å². The van der Waals surface area contributed by atoms with E-state index in [-0.39, 0.29) is 13.1 Å². The Labute approximate surface area is 119 Å². The second kappa shape index (κ2) is 7.21. The largest absolute Gasteiger partial charge is 0.481 e. The van der Waals surface area contributed by atoms with Gasteiger partial charge in [0.25, 0.3) is 0 Å². The SMILES string of the molecule is CCN(CC(C)C(=O)O)S(=O)(=O)C=Cc1ccccc1. The summed E-state index contributed by atoms with van der Waals surface area (Å²) in [7, 11) is -3.61. The molecule has 5 nitrogen and oxygen atoms in total. The van der Waals surface area contributed by atoms with Crippen LogP contribution < -0.4 is 0 Å². The zero-order valence-corrected chi connectivity index (χ0v) is 12.4. The van der Waals surface area contributed by atoms with Crippen molar-refractivity contribution in [3.05, 3.63) is 41.3 Å². The van der Waals surface area contributed by atoms with Gasteiger partial charge in [0.1, 0.15) is 0 Å². The molecule has 1 rings (SSSR count). The lowest BCUT2D eigenvalue weighted by Crippen LogP contribution is -2.35. The van der Waals surface area contributed by atoms with Gasteiger partial charge < -0.3 is 5.11 Å². The summed E-state index contributed by atoms with van der Waals surface area (Å²) in [5.41, 5.74) is 0.776. The minimum atomic E-state index is -3.61. The number of carboxylic acid groups (broad SMARTS) is 1. The van der Waals surface area contributed by atoms with Gasteiger partial charge in [-0.15, -0.1) is 0 Å². The molecular formula is C14H19NO4S. The molecule has 0 spiro atoms. The van der Waals surface area contributed by atoms with Gasteiger partial charge in [-0.2, -0.15) is 4.31 Å². The Balaban J connectivity index is 2.85. The third-order valence-corrected chi connectivity index (χ3v) is 4.45. The Morgan fingerprint density at radius 1 is 1.35 bits per heavy atom. The van der Waals surface area contributed by atoms with E-state index in [1.54, 1.807) is 19.1 Å². The molecule has 0 aromatic heterocycles. The van der Waals surface area contributed by atoms with Crippen LogP contribution in [0.1, 0.15) is 19.4 Å². The number of hydrogen-bond acceptors (Lipinski definition) is 3. The van der Waals surface area contributed by atoms with Crippen molar-refractivity contribution in [3.8, 4) is 0 Å². The lowest BCUT2D eigenvalue weighted by molar-refractivity contribution is -0.141. The maximum Gasteiger partial charge on any atom is 0.307 e. The van der Waals surface area contributed by atoms with Gasteiger partial charge in [-0.25, -0.2) is 8.42 Å². The molecule has 1 unspecified atom stereocenters. The minimum Gasteiger partial charge on any atom is -0.481 e. The second-order valence-corrected chi connectivity index (χ2v) is 6.27. The molecule has 0 bridgehead atoms. The van der Waals surface area contributed by atoms with Gasteiger partial charge in [0.2, 0.25) is 10.0 Å². The number of sulfonamides is 1. The van der Waals surface area contributed by atoms with Gasteiger partial charge in [-0.1, -0.05) is 44.2 Å². The molecule has 0 saturated carbocycles. The Morgan fingerprint density at radius 3 is 2.45 bits per heavy atom. The molecule has 0 saturated heterocycles. The lowest BCUT2D eigenvalue weighted by Gasteiger charge is -2.20. The van der Waals surface area contributed by atoms with E-state index in [1.807, 2.05) is 18.2 Å². The van der Waals surface area contributed by atoms with Crippen molar-refractivity contribution in [3.63, 3.8) is 0 Å². The summed E-state index contributed by atoms with van der Waals surface area (Å²) in [6.07, 6.45) is 1.50. The van der Waals surface area contributed by atoms with Crippen molar-refractivity contribution in [2.45, 2.75) is 13.8 Å². The monoisotopic (exact) mass is 297 g/mol. The van der Waals surface area contributed by atoms with Gasteiger partial charge in [-0.3, -0.25) is 4.79 Å². The highest BCUT2D eigenvalue weighted by atomic mass is 32.2. The first-order valence-electron chi connectivity index (χ1n) is 6.33. The van der Waals surface area contributed by atoms with Crippen molar-refractivity contribution in [1.29, 1.82) is 0 Å². The lowest BCUT2D eigenvalue weighted by atomic mass is 10.2. The van der Waals surface area contributed by atoms with Crippen LogP contribution in [0.3, 0.4) is 0 Å². The van der Waals surface area contributed by atoms with Crippen molar-refractivity contribution in [1.82, 2.24) is 4.31 Å². The molecule has 0 amide bonds. The molecule has 1 atom stereocenters. The molecule has 0 fully saturated rings. The van der Waals surface area contributed by atoms with Gasteiger partial charge in [0, 0.05) is 18.5 Å². The highest BCUT2D eigenvalue weighted by Crippen LogP contribution is 2.10. The molecule has 0 radical (unpaired) electrons. The molecule has 0 aliphatic carbocycles. The molecule has 0 aliphatic heterocycles. The predicted octanol–water partition coefficient (Wildman–Crippen LogP) is 2.03. The maximum atomic E-state index is 12.1. The molecule has 1 aromatic rings. The first-order chi connectivity index (χ1) is 9.36. The van der Waals surface area contributed by atoms with Gasteiger partial charge in [-0.05, 0) is 11.6 Å². The maximum absolute atomic E-state index is 12.1. The van der Waals surface area contributed by atoms with E-state index in [0.717, 1.165) is 15.3 Å². The second-order valence-electron chi connectivity index (χ2n) is 4.45. The van der Waals surface area contributed by atoms with Crippen LogP contribution in [0.25, 0.3) is 6.08 Å². The van der Waals surface area contributed by atoms with E-state index >= 15 is 0 Å². The summed E-state index contributed by atoms with van der Waals surface area (Å²) in [6.45, 7) is 3.37. The van der Waals surface area contributed by atoms with E-state index < -0.39 is 21.9 Å². The summed E-state index contributed by atoms with van der Waals surface area (Å²) in [4.78, 5) is 10.8. The van der Waals surface area contributed by atoms with Gasteiger partial charge in [0.05, 0.1) is 5.92 Å². The summed E-state index contributed by atoms with van der Waals surface area (Å²) in [5.74, 6) is -1.75. The molecule has 6 heteroatoms. The van der Waals surface area contributed by atoms with Crippen molar-refractivity contribution >= 4 is 22.1 Å². The molecular weight excluding hydrogens is 278 g/mol. The number of hydrogen-bond donors (Lipinski definition) is 1. The normalized spacial score (nSPS) is 13.8. The Bertz CT molecular complexity index is 566. The quantitative estimate of drug-likeness (QED) is 0.835. The van der Waals surface area contributed by atoms with Crippen LogP contribution in [0.2, 0.25) is 0 Å². The molecule has 1 aromatic carbocycles. The number of carbonyl (C=O) groups is 1. The van der Waals surface area contributed by atoms with E-state index in [9.17, 15) is 13.2 Å². The first-order valence-corrected chi connectivity index (χ1v) is 7.83. The minimum absolute atomic E-state index is 0.0344. The Morgan fingerprint density at radius 2 is 1.95 bits per heavy atom. The first kappa shape index (κ1) is 16.4. The average Bonchev–Trinajstić information content (AvgIpc) is 2.43. The van der Waals surface area contributed by atoms with Crippen molar-refractivity contribution in [2.24, 2.45) is 5.92 Å². The summed E-state index contributed by atoms with van der Waals surface area (Å²) < 4.78 is 25.4. The summed E-state index contributed by atoms with van der Waals surface area (Å²) in [6, 6.07) is 9.07. The van der Waals surface area contributed by atoms with Crippen molar-refractivity contribution in [2.75, 3.05) is 13.1 Å². The van der Waals surface area contributed by atoms with Gasteiger partial charge >= 0.3 is 5.97 Å². The molecule has 0 heterocycles. The van der Waals surface area contributed by atoms with Crippen LogP contribution in [0.15, 0.2) is 35.7 Å². The zero-order valence-electron chi connectivity index (χ0n) is 11.6. The standard InChI is InChI=1S/C14H19NO4S/c1-3-15(11-12(2)14(16)17)20(18,19)10-9-13-7-5-4-6-8-13/h4-10,12H,3,11H2,1-2H3,(H,16,17). The van der Waals surface area contributed by atoms with E-state index in [1.165, 1.54) is 13.0 Å². The topological polar surface area (TPSA) is 74.7 Å². The Kier molecular flexibility index (Phi) is 5.91. The highest BCUT2D eigenvalue weighted by molar-refractivity contribution is 7.92. The average molecular weight is 297 g/mol. The van der Waals surface area contributed by atoms with Crippen LogP contribution in [0.5, 0.6) is 0 Å². The molecule has 110 valence electrons. The van der Waals surface area contributed by atoms with E-state index in [2.05, 4.69) is 0 Å². The highest BCUT2D eigenvalue weighted by Gasteiger charge is 2.22. The van der Waals surface area contributed by atoms with E-state index in [4.69, 9.17) is 5.11 Å².